The van der Waals surface area contributed by atoms with Crippen LogP contribution in [-0.2, 0) is 0 Å². The van der Waals surface area contributed by atoms with E-state index < -0.39 is 0 Å². The highest BCUT2D eigenvalue weighted by atomic mass is 16.5. The second kappa shape index (κ2) is 6.42. The Morgan fingerprint density at radius 3 is 2.32 bits per heavy atom. The Bertz CT molecular complexity index is 392. The molecule has 2 N–H and O–H groups in total. The lowest BCUT2D eigenvalue weighted by molar-refractivity contribution is 0.232. The van der Waals surface area contributed by atoms with Gasteiger partial charge >= 0.3 is 0 Å². The molecular weight excluding hydrogens is 234 g/mol. The normalized spacial score (nSPS) is 15.4. The third kappa shape index (κ3) is 5.23. The SMILES string of the molecule is CC(C)Oc1cccc(C(N)CC(C)C(C)(C)C)c1. The van der Waals surface area contributed by atoms with Crippen molar-refractivity contribution >= 4 is 0 Å². The molecule has 0 bridgehead atoms. The molecule has 0 saturated carbocycles. The van der Waals surface area contributed by atoms with Gasteiger partial charge in [0.05, 0.1) is 6.10 Å². The molecule has 0 fully saturated rings. The standard InChI is InChI=1S/C17H29NO/c1-12(2)19-15-9-7-8-14(11-15)16(18)10-13(3)17(4,5)6/h7-9,11-13,16H,10,18H2,1-6H3. The first-order chi connectivity index (χ1) is 8.70. The fraction of sp³-hybridized carbons (Fsp3) is 0.647. The minimum atomic E-state index is 0.0740. The molecule has 0 spiro atoms. The molecule has 1 aromatic rings. The Morgan fingerprint density at radius 2 is 1.79 bits per heavy atom. The van der Waals surface area contributed by atoms with Crippen molar-refractivity contribution in [3.05, 3.63) is 29.8 Å². The van der Waals surface area contributed by atoms with Gasteiger partial charge in [0.15, 0.2) is 0 Å². The highest BCUT2D eigenvalue weighted by Crippen LogP contribution is 2.33. The van der Waals surface area contributed by atoms with Crippen LogP contribution in [0.4, 0.5) is 0 Å². The summed E-state index contributed by atoms with van der Waals surface area (Å²) >= 11 is 0. The zero-order chi connectivity index (χ0) is 14.6. The Hall–Kier alpha value is -1.02. The van der Waals surface area contributed by atoms with Gasteiger partial charge in [-0.15, -0.1) is 0 Å². The van der Waals surface area contributed by atoms with Crippen molar-refractivity contribution in [2.45, 2.75) is 60.1 Å². The van der Waals surface area contributed by atoms with Crippen LogP contribution in [0, 0.1) is 11.3 Å². The molecule has 0 aliphatic heterocycles. The summed E-state index contributed by atoms with van der Waals surface area (Å²) in [6, 6.07) is 8.25. The maximum absolute atomic E-state index is 6.34. The first-order valence-corrected chi connectivity index (χ1v) is 7.22. The van der Waals surface area contributed by atoms with E-state index in [1.165, 1.54) is 0 Å². The largest absolute Gasteiger partial charge is 0.491 e. The first-order valence-electron chi connectivity index (χ1n) is 7.22. The average molecular weight is 263 g/mol. The van der Waals surface area contributed by atoms with E-state index in [0.717, 1.165) is 17.7 Å². The summed E-state index contributed by atoms with van der Waals surface area (Å²) in [4.78, 5) is 0. The fourth-order valence-electron chi connectivity index (χ4n) is 1.96. The molecule has 0 heterocycles. The van der Waals surface area contributed by atoms with E-state index in [0.29, 0.717) is 11.3 Å². The van der Waals surface area contributed by atoms with Gasteiger partial charge in [-0.1, -0.05) is 39.8 Å². The lowest BCUT2D eigenvalue weighted by Gasteiger charge is -2.29. The number of hydrogen-bond acceptors (Lipinski definition) is 2. The van der Waals surface area contributed by atoms with E-state index in [4.69, 9.17) is 10.5 Å². The molecular formula is C17H29NO. The molecule has 0 aliphatic carbocycles. The van der Waals surface area contributed by atoms with E-state index >= 15 is 0 Å². The van der Waals surface area contributed by atoms with Crippen molar-refractivity contribution in [3.63, 3.8) is 0 Å². The minimum Gasteiger partial charge on any atom is -0.491 e. The smallest absolute Gasteiger partial charge is 0.120 e. The van der Waals surface area contributed by atoms with Crippen molar-refractivity contribution < 1.29 is 4.74 Å². The molecule has 0 aliphatic rings. The van der Waals surface area contributed by atoms with Crippen molar-refractivity contribution in [2.75, 3.05) is 0 Å². The molecule has 0 radical (unpaired) electrons. The van der Waals surface area contributed by atoms with Gasteiger partial charge in [0, 0.05) is 6.04 Å². The lowest BCUT2D eigenvalue weighted by Crippen LogP contribution is -2.23. The summed E-state index contributed by atoms with van der Waals surface area (Å²) in [7, 11) is 0. The van der Waals surface area contributed by atoms with Gasteiger partial charge < -0.3 is 10.5 Å². The number of rotatable bonds is 5. The van der Waals surface area contributed by atoms with Crippen molar-refractivity contribution in [2.24, 2.45) is 17.1 Å². The second-order valence-corrected chi connectivity index (χ2v) is 6.85. The molecule has 1 aromatic carbocycles. The van der Waals surface area contributed by atoms with E-state index in [2.05, 4.69) is 39.8 Å². The molecule has 2 unspecified atom stereocenters. The Labute approximate surface area is 118 Å². The molecule has 2 atom stereocenters. The maximum Gasteiger partial charge on any atom is 0.120 e. The maximum atomic E-state index is 6.34. The topological polar surface area (TPSA) is 35.2 Å². The summed E-state index contributed by atoms with van der Waals surface area (Å²) in [5.74, 6) is 1.49. The van der Waals surface area contributed by atoms with Crippen LogP contribution in [0.15, 0.2) is 24.3 Å². The van der Waals surface area contributed by atoms with Gasteiger partial charge in [0.1, 0.15) is 5.75 Å². The van der Waals surface area contributed by atoms with Gasteiger partial charge in [-0.2, -0.15) is 0 Å². The summed E-state index contributed by atoms with van der Waals surface area (Å²) in [5.41, 5.74) is 7.79. The molecule has 2 nitrogen and oxygen atoms in total. The van der Waals surface area contributed by atoms with Crippen molar-refractivity contribution in [1.29, 1.82) is 0 Å². The van der Waals surface area contributed by atoms with E-state index in [-0.39, 0.29) is 12.1 Å². The van der Waals surface area contributed by atoms with Crippen LogP contribution in [0.5, 0.6) is 5.75 Å². The highest BCUT2D eigenvalue weighted by molar-refractivity contribution is 5.30. The molecule has 0 aromatic heterocycles. The Morgan fingerprint density at radius 1 is 1.16 bits per heavy atom. The van der Waals surface area contributed by atoms with E-state index in [9.17, 15) is 0 Å². The minimum absolute atomic E-state index is 0.0740. The third-order valence-corrected chi connectivity index (χ3v) is 3.74. The van der Waals surface area contributed by atoms with Gasteiger partial charge in [-0.25, -0.2) is 0 Å². The van der Waals surface area contributed by atoms with E-state index in [1.54, 1.807) is 0 Å². The molecule has 1 rings (SSSR count). The molecule has 108 valence electrons. The van der Waals surface area contributed by atoms with Gasteiger partial charge in [-0.3, -0.25) is 0 Å². The van der Waals surface area contributed by atoms with Crippen LogP contribution < -0.4 is 10.5 Å². The zero-order valence-corrected chi connectivity index (χ0v) is 13.2. The van der Waals surface area contributed by atoms with Crippen molar-refractivity contribution in [1.82, 2.24) is 0 Å². The number of ether oxygens (including phenoxy) is 1. The monoisotopic (exact) mass is 263 g/mol. The third-order valence-electron chi connectivity index (χ3n) is 3.74. The summed E-state index contributed by atoms with van der Waals surface area (Å²) < 4.78 is 5.72. The second-order valence-electron chi connectivity index (χ2n) is 6.85. The highest BCUT2D eigenvalue weighted by Gasteiger charge is 2.22. The molecule has 2 heteroatoms. The molecule has 19 heavy (non-hydrogen) atoms. The summed E-state index contributed by atoms with van der Waals surface area (Å²) in [5, 5.41) is 0. The Balaban J connectivity index is 2.74. The summed E-state index contributed by atoms with van der Waals surface area (Å²) in [6.45, 7) is 13.1. The van der Waals surface area contributed by atoms with Gasteiger partial charge in [0.25, 0.3) is 0 Å². The lowest BCUT2D eigenvalue weighted by atomic mass is 9.78. The number of benzene rings is 1. The predicted octanol–water partition coefficient (Wildman–Crippen LogP) is 4.55. The predicted molar refractivity (Wildman–Crippen MR) is 82.4 cm³/mol. The van der Waals surface area contributed by atoms with E-state index in [1.807, 2.05) is 26.0 Å². The first kappa shape index (κ1) is 16.0. The van der Waals surface area contributed by atoms with Crippen LogP contribution in [0.3, 0.4) is 0 Å². The number of hydrogen-bond donors (Lipinski definition) is 1. The Kier molecular flexibility index (Phi) is 5.42. The van der Waals surface area contributed by atoms with Crippen LogP contribution in [-0.4, -0.2) is 6.10 Å². The molecule has 0 saturated heterocycles. The van der Waals surface area contributed by atoms with Gasteiger partial charge in [0.2, 0.25) is 0 Å². The number of nitrogens with two attached hydrogens (primary N) is 1. The van der Waals surface area contributed by atoms with Crippen molar-refractivity contribution in [3.8, 4) is 5.75 Å². The zero-order valence-electron chi connectivity index (χ0n) is 13.2. The summed E-state index contributed by atoms with van der Waals surface area (Å²) in [6.07, 6.45) is 1.19. The van der Waals surface area contributed by atoms with Crippen LogP contribution in [0.2, 0.25) is 0 Å². The van der Waals surface area contributed by atoms with Crippen LogP contribution >= 0.6 is 0 Å². The molecule has 0 amide bonds. The van der Waals surface area contributed by atoms with Crippen LogP contribution in [0.25, 0.3) is 0 Å². The fourth-order valence-corrected chi connectivity index (χ4v) is 1.96. The van der Waals surface area contributed by atoms with Crippen LogP contribution in [0.1, 0.15) is 59.6 Å². The average Bonchev–Trinajstić information content (AvgIpc) is 2.27. The van der Waals surface area contributed by atoms with Gasteiger partial charge in [-0.05, 0) is 49.3 Å². The quantitative estimate of drug-likeness (QED) is 0.846.